The van der Waals surface area contributed by atoms with Gasteiger partial charge in [-0.2, -0.15) is 0 Å². The summed E-state index contributed by atoms with van der Waals surface area (Å²) in [5.41, 5.74) is 13.1. The highest BCUT2D eigenvalue weighted by Crippen LogP contribution is 2.49. The average Bonchev–Trinajstić information content (AvgIpc) is 3.65. The summed E-state index contributed by atoms with van der Waals surface area (Å²) in [6.45, 7) is 0. The molecular weight excluding hydrogens is 671 g/mol. The van der Waals surface area contributed by atoms with Gasteiger partial charge in [-0.3, -0.25) is 0 Å². The number of anilines is 3. The first kappa shape index (κ1) is 32.0. The quantitative estimate of drug-likeness (QED) is 0.160. The van der Waals surface area contributed by atoms with Crippen molar-refractivity contribution >= 4 is 59.3 Å². The van der Waals surface area contributed by atoms with Crippen LogP contribution in [0.5, 0.6) is 0 Å². The molecule has 0 unspecified atom stereocenters. The third-order valence-corrected chi connectivity index (χ3v) is 11.7. The van der Waals surface area contributed by atoms with Crippen LogP contribution in [0.2, 0.25) is 0 Å². The minimum Gasteiger partial charge on any atom is -0.309 e. The van der Waals surface area contributed by atoms with Gasteiger partial charge >= 0.3 is 0 Å². The molecule has 54 heavy (non-hydrogen) atoms. The van der Waals surface area contributed by atoms with E-state index in [4.69, 9.17) is 0 Å². The number of thiophene rings is 1. The van der Waals surface area contributed by atoms with E-state index >= 15 is 0 Å². The lowest BCUT2D eigenvalue weighted by Gasteiger charge is -2.28. The van der Waals surface area contributed by atoms with E-state index in [1.165, 1.54) is 75.5 Å². The van der Waals surface area contributed by atoms with Crippen LogP contribution in [0.4, 0.5) is 17.1 Å². The Bertz CT molecular complexity index is 2910. The zero-order valence-electron chi connectivity index (χ0n) is 29.6. The summed E-state index contributed by atoms with van der Waals surface area (Å²) in [5.74, 6) is 0. The summed E-state index contributed by atoms with van der Waals surface area (Å²) in [5, 5.41) is 5.09. The molecule has 0 bridgehead atoms. The molecule has 1 nitrogen and oxygen atoms in total. The van der Waals surface area contributed by atoms with Crippen molar-refractivity contribution in [1.29, 1.82) is 0 Å². The molecule has 254 valence electrons. The van der Waals surface area contributed by atoms with Gasteiger partial charge in [-0.15, -0.1) is 11.3 Å². The molecule has 0 atom stereocenters. The molecule has 0 aliphatic heterocycles. The van der Waals surface area contributed by atoms with Crippen LogP contribution in [-0.4, -0.2) is 0 Å². The second-order valence-corrected chi connectivity index (χ2v) is 14.7. The minimum atomic E-state index is 1.11. The van der Waals surface area contributed by atoms with E-state index in [-0.39, 0.29) is 0 Å². The van der Waals surface area contributed by atoms with Gasteiger partial charge in [0.1, 0.15) is 0 Å². The van der Waals surface area contributed by atoms with Crippen LogP contribution in [0.25, 0.3) is 75.5 Å². The molecule has 0 N–H and O–H groups in total. The van der Waals surface area contributed by atoms with Crippen LogP contribution in [0.1, 0.15) is 0 Å². The summed E-state index contributed by atoms with van der Waals surface area (Å²) in [6, 6.07) is 77.1. The molecule has 0 radical (unpaired) electrons. The molecule has 9 aromatic carbocycles. The topological polar surface area (TPSA) is 3.24 Å². The van der Waals surface area contributed by atoms with E-state index in [0.717, 1.165) is 17.1 Å². The molecule has 0 amide bonds. The number of benzene rings is 9. The maximum absolute atomic E-state index is 2.46. The Balaban J connectivity index is 1.22. The molecule has 0 spiro atoms. The summed E-state index contributed by atoms with van der Waals surface area (Å²) < 4.78 is 2.55. The van der Waals surface area contributed by atoms with Gasteiger partial charge in [0.05, 0.1) is 10.4 Å². The van der Waals surface area contributed by atoms with E-state index in [0.29, 0.717) is 0 Å². The minimum absolute atomic E-state index is 1.11. The van der Waals surface area contributed by atoms with E-state index in [2.05, 4.69) is 217 Å². The van der Waals surface area contributed by atoms with Crippen molar-refractivity contribution in [2.24, 2.45) is 0 Å². The number of rotatable bonds is 7. The highest BCUT2D eigenvalue weighted by molar-refractivity contribution is 7.26. The van der Waals surface area contributed by atoms with Crippen LogP contribution < -0.4 is 4.90 Å². The number of fused-ring (bicyclic) bond motifs is 4. The molecular formula is C52H35NS. The maximum atomic E-state index is 2.46. The number of hydrogen-bond donors (Lipinski definition) is 0. The van der Waals surface area contributed by atoms with E-state index in [1.807, 2.05) is 11.3 Å². The van der Waals surface area contributed by atoms with Crippen molar-refractivity contribution in [1.82, 2.24) is 0 Å². The van der Waals surface area contributed by atoms with Gasteiger partial charge in [-0.05, 0) is 91.7 Å². The first-order valence-corrected chi connectivity index (χ1v) is 19.2. The van der Waals surface area contributed by atoms with Crippen molar-refractivity contribution in [3.05, 3.63) is 212 Å². The molecule has 1 heterocycles. The third-order valence-electron chi connectivity index (χ3n) is 10.5. The van der Waals surface area contributed by atoms with Gasteiger partial charge in [0.25, 0.3) is 0 Å². The van der Waals surface area contributed by atoms with Crippen molar-refractivity contribution in [2.45, 2.75) is 0 Å². The lowest BCUT2D eigenvalue weighted by atomic mass is 9.93. The lowest BCUT2D eigenvalue weighted by molar-refractivity contribution is 1.30. The normalized spacial score (nSPS) is 11.3. The Morgan fingerprint density at radius 3 is 1.59 bits per heavy atom. The second kappa shape index (κ2) is 13.7. The monoisotopic (exact) mass is 705 g/mol. The summed E-state index contributed by atoms with van der Waals surface area (Å²) >= 11 is 1.88. The fourth-order valence-electron chi connectivity index (χ4n) is 7.94. The Kier molecular flexibility index (Phi) is 8.09. The predicted molar refractivity (Wildman–Crippen MR) is 233 cm³/mol. The highest BCUT2D eigenvalue weighted by atomic mass is 32.1. The largest absolute Gasteiger partial charge is 0.309 e. The fraction of sp³-hybridized carbons (Fsp3) is 0. The van der Waals surface area contributed by atoms with Gasteiger partial charge in [0.2, 0.25) is 0 Å². The highest BCUT2D eigenvalue weighted by Gasteiger charge is 2.22. The van der Waals surface area contributed by atoms with E-state index in [1.54, 1.807) is 0 Å². The number of nitrogens with zero attached hydrogens (tertiary/aromatic N) is 1. The Hall–Kier alpha value is -6.74. The maximum Gasteiger partial charge on any atom is 0.0640 e. The van der Waals surface area contributed by atoms with Crippen LogP contribution in [0.15, 0.2) is 212 Å². The Labute approximate surface area is 319 Å². The van der Waals surface area contributed by atoms with E-state index < -0.39 is 0 Å². The smallest absolute Gasteiger partial charge is 0.0640 e. The van der Waals surface area contributed by atoms with Gasteiger partial charge < -0.3 is 4.90 Å². The van der Waals surface area contributed by atoms with Crippen molar-refractivity contribution < 1.29 is 0 Å². The van der Waals surface area contributed by atoms with Gasteiger partial charge in [-0.1, -0.05) is 176 Å². The summed E-state index contributed by atoms with van der Waals surface area (Å²) in [4.78, 5) is 2.46. The zero-order valence-corrected chi connectivity index (χ0v) is 30.4. The molecule has 1 aromatic heterocycles. The summed E-state index contributed by atoms with van der Waals surface area (Å²) in [6.07, 6.45) is 0. The van der Waals surface area contributed by atoms with Crippen LogP contribution in [-0.2, 0) is 0 Å². The molecule has 0 saturated carbocycles. The van der Waals surface area contributed by atoms with Gasteiger partial charge in [-0.25, -0.2) is 0 Å². The zero-order chi connectivity index (χ0) is 35.8. The van der Waals surface area contributed by atoms with Crippen LogP contribution in [0, 0.1) is 0 Å². The first-order valence-electron chi connectivity index (χ1n) is 18.4. The SMILES string of the molecule is c1ccc(-c2ccc(N(c3ccc(-c4cccc5ccccc45)cc3)c3ccc(-c4ccccc4)c4c3sc3ccccc34)cc2-c2ccccc2)cc1. The average molecular weight is 706 g/mol. The van der Waals surface area contributed by atoms with E-state index in [9.17, 15) is 0 Å². The Morgan fingerprint density at radius 2 is 0.870 bits per heavy atom. The van der Waals surface area contributed by atoms with Crippen molar-refractivity contribution in [3.63, 3.8) is 0 Å². The first-order chi connectivity index (χ1) is 26.8. The lowest BCUT2D eigenvalue weighted by Crippen LogP contribution is -2.10. The van der Waals surface area contributed by atoms with Crippen LogP contribution >= 0.6 is 11.3 Å². The molecule has 0 aliphatic carbocycles. The predicted octanol–water partition coefficient (Wildman–Crippen LogP) is 15.3. The second-order valence-electron chi connectivity index (χ2n) is 13.7. The molecule has 0 saturated heterocycles. The molecule has 2 heteroatoms. The molecule has 0 fully saturated rings. The molecule has 10 aromatic rings. The summed E-state index contributed by atoms with van der Waals surface area (Å²) in [7, 11) is 0. The fourth-order valence-corrected chi connectivity index (χ4v) is 9.17. The molecule has 10 rings (SSSR count). The Morgan fingerprint density at radius 1 is 0.333 bits per heavy atom. The van der Waals surface area contributed by atoms with Gasteiger partial charge in [0, 0.05) is 26.8 Å². The molecule has 0 aliphatic rings. The van der Waals surface area contributed by atoms with Gasteiger partial charge in [0.15, 0.2) is 0 Å². The van der Waals surface area contributed by atoms with Crippen molar-refractivity contribution in [2.75, 3.05) is 4.90 Å². The van der Waals surface area contributed by atoms with Crippen LogP contribution in [0.3, 0.4) is 0 Å². The third kappa shape index (κ3) is 5.65. The standard InChI is InChI=1S/C52H35NS/c1-4-15-36(16-5-1)45-32-31-42(35-48(45)39-19-8-3-9-20-39)53(41-29-27-40(28-30-41)44-25-14-22-37-21-10-11-23-43(37)44)49-34-33-46(38-17-6-2-7-18-38)51-47-24-12-13-26-50(47)54-52(49)51/h1-35H. The van der Waals surface area contributed by atoms with Crippen molar-refractivity contribution in [3.8, 4) is 44.5 Å². The number of hydrogen-bond acceptors (Lipinski definition) is 2.